The van der Waals surface area contributed by atoms with Crippen molar-refractivity contribution in [3.8, 4) is 0 Å². The Kier molecular flexibility index (Phi) is 11.1. The number of esters is 1. The van der Waals surface area contributed by atoms with Crippen LogP contribution in [-0.4, -0.2) is 38.2 Å². The monoisotopic (exact) mass is 448 g/mol. The molecule has 2 aromatic carbocycles. The highest BCUT2D eigenvalue weighted by molar-refractivity contribution is 6.05. The summed E-state index contributed by atoms with van der Waals surface area (Å²) in [4.78, 5) is 33.9. The number of amides is 1. The molecule has 0 saturated carbocycles. The number of benzene rings is 2. The second-order valence-corrected chi connectivity index (χ2v) is 7.40. The number of nitrogens with zero attached hydrogens (tertiary/aromatic N) is 3. The molecule has 1 N–H and O–H groups in total. The van der Waals surface area contributed by atoms with Gasteiger partial charge in [-0.2, -0.15) is 0 Å². The van der Waals surface area contributed by atoms with E-state index in [0.29, 0.717) is 24.5 Å². The second-order valence-electron chi connectivity index (χ2n) is 7.40. The number of guanidine groups is 1. The van der Waals surface area contributed by atoms with Gasteiger partial charge in [-0.15, -0.1) is 0 Å². The summed E-state index contributed by atoms with van der Waals surface area (Å²) < 4.78 is 4.62. The minimum Gasteiger partial charge on any atom is -0.469 e. The highest BCUT2D eigenvalue weighted by Gasteiger charge is 2.14. The van der Waals surface area contributed by atoms with Crippen LogP contribution in [0.5, 0.6) is 0 Å². The summed E-state index contributed by atoms with van der Waals surface area (Å²) in [6.07, 6.45) is 5.45. The number of carbonyl (C=O) groups excluding carboxylic acids is 2. The van der Waals surface area contributed by atoms with Crippen LogP contribution < -0.4 is 10.2 Å². The molecular formula is C26H32N4O3. The van der Waals surface area contributed by atoms with Gasteiger partial charge in [0.25, 0.3) is 0 Å². The van der Waals surface area contributed by atoms with E-state index in [4.69, 9.17) is 0 Å². The number of carbonyl (C=O) groups is 2. The predicted molar refractivity (Wildman–Crippen MR) is 134 cm³/mol. The van der Waals surface area contributed by atoms with E-state index in [1.165, 1.54) is 13.3 Å². The first-order valence-electron chi connectivity index (χ1n) is 11.0. The number of nitrogens with one attached hydrogen (secondary N) is 1. The predicted octanol–water partition coefficient (Wildman–Crippen LogP) is 5.02. The maximum Gasteiger partial charge on any atom is 0.305 e. The van der Waals surface area contributed by atoms with Gasteiger partial charge in [-0.25, -0.2) is 9.98 Å². The van der Waals surface area contributed by atoms with E-state index >= 15 is 0 Å². The summed E-state index contributed by atoms with van der Waals surface area (Å²) in [6, 6.07) is 19.5. The van der Waals surface area contributed by atoms with Crippen LogP contribution in [-0.2, 0) is 14.3 Å². The van der Waals surface area contributed by atoms with Crippen molar-refractivity contribution < 1.29 is 14.3 Å². The lowest BCUT2D eigenvalue weighted by Gasteiger charge is -2.23. The number of aliphatic imine (C=N–C) groups is 2. The fourth-order valence-electron chi connectivity index (χ4n) is 3.11. The molecule has 2 aromatic rings. The van der Waals surface area contributed by atoms with Crippen LogP contribution in [0.3, 0.4) is 0 Å². The second kappa shape index (κ2) is 14.3. The van der Waals surface area contributed by atoms with Crippen molar-refractivity contribution >= 4 is 35.9 Å². The Bertz CT molecular complexity index is 917. The Morgan fingerprint density at radius 1 is 0.970 bits per heavy atom. The summed E-state index contributed by atoms with van der Waals surface area (Å²) in [5.41, 5.74) is 2.25. The average Bonchev–Trinajstić information content (AvgIpc) is 2.86. The topological polar surface area (TPSA) is 83.4 Å². The Morgan fingerprint density at radius 2 is 1.55 bits per heavy atom. The number of unbranched alkanes of at least 4 members (excludes halogenated alkanes) is 3. The van der Waals surface area contributed by atoms with E-state index in [1.807, 2.05) is 65.6 Å². The number of hydrogen-bond acceptors (Lipinski definition) is 4. The van der Waals surface area contributed by atoms with E-state index in [2.05, 4.69) is 26.8 Å². The molecule has 0 aliphatic carbocycles. The molecule has 0 unspecified atom stereocenters. The Labute approximate surface area is 195 Å². The summed E-state index contributed by atoms with van der Waals surface area (Å²) in [6.45, 7) is 5.96. The standard InChI is InChI=1S/C26H32N4O3/c1-21(25(32)28-19-13-5-4-12-18-24(31)33-3)20-29-26(27-2)30(22-14-8-6-9-15-22)23-16-10-7-11-17-23/h6-11,14-17,20H,2,4-5,12-13,18-19H2,1,3H3,(H,28,32)/b21-20+,29-26+. The molecule has 0 radical (unpaired) electrons. The third-order valence-electron chi connectivity index (χ3n) is 4.92. The molecule has 0 aromatic heterocycles. The van der Waals surface area contributed by atoms with Crippen LogP contribution in [0.4, 0.5) is 11.4 Å². The van der Waals surface area contributed by atoms with E-state index in [9.17, 15) is 9.59 Å². The lowest BCUT2D eigenvalue weighted by molar-refractivity contribution is -0.140. The first-order valence-corrected chi connectivity index (χ1v) is 11.0. The first kappa shape index (κ1) is 25.5. The number of anilines is 2. The quantitative estimate of drug-likeness (QED) is 0.172. The fraction of sp³-hybridized carbons (Fsp3) is 0.308. The van der Waals surface area contributed by atoms with Crippen molar-refractivity contribution in [3.63, 3.8) is 0 Å². The smallest absolute Gasteiger partial charge is 0.305 e. The molecule has 0 saturated heterocycles. The normalized spacial score (nSPS) is 11.6. The number of para-hydroxylation sites is 2. The van der Waals surface area contributed by atoms with Crippen LogP contribution in [0.15, 0.2) is 82.4 Å². The van der Waals surface area contributed by atoms with Gasteiger partial charge in [-0.3, -0.25) is 14.5 Å². The number of methoxy groups -OCH3 is 1. The van der Waals surface area contributed by atoms with Crippen molar-refractivity contribution in [2.75, 3.05) is 18.6 Å². The van der Waals surface area contributed by atoms with Gasteiger partial charge in [-0.1, -0.05) is 49.2 Å². The molecule has 33 heavy (non-hydrogen) atoms. The molecule has 7 nitrogen and oxygen atoms in total. The molecule has 0 bridgehead atoms. The van der Waals surface area contributed by atoms with Crippen LogP contribution in [0, 0.1) is 0 Å². The van der Waals surface area contributed by atoms with Crippen molar-refractivity contribution in [1.29, 1.82) is 0 Å². The molecule has 1 amide bonds. The van der Waals surface area contributed by atoms with Crippen molar-refractivity contribution in [3.05, 3.63) is 72.4 Å². The minimum absolute atomic E-state index is 0.178. The molecule has 174 valence electrons. The molecule has 7 heteroatoms. The van der Waals surface area contributed by atoms with Gasteiger partial charge in [0.1, 0.15) is 0 Å². The zero-order chi connectivity index (χ0) is 23.9. The molecule has 0 fully saturated rings. The van der Waals surface area contributed by atoms with Crippen molar-refractivity contribution in [2.24, 2.45) is 9.98 Å². The molecule has 2 rings (SSSR count). The molecule has 0 aliphatic rings. The third kappa shape index (κ3) is 8.73. The molecule has 0 atom stereocenters. The van der Waals surface area contributed by atoms with Crippen LogP contribution in [0.25, 0.3) is 0 Å². The molecule has 0 spiro atoms. The van der Waals surface area contributed by atoms with Gasteiger partial charge in [-0.05, 0) is 50.7 Å². The van der Waals surface area contributed by atoms with E-state index < -0.39 is 0 Å². The number of ether oxygens (including phenoxy) is 1. The molecule has 0 aliphatic heterocycles. The maximum absolute atomic E-state index is 12.4. The van der Waals surface area contributed by atoms with Crippen molar-refractivity contribution in [1.82, 2.24) is 5.32 Å². The number of rotatable bonds is 11. The maximum atomic E-state index is 12.4. The van der Waals surface area contributed by atoms with Gasteiger partial charge in [0, 0.05) is 36.1 Å². The van der Waals surface area contributed by atoms with Crippen molar-refractivity contribution in [2.45, 2.75) is 39.0 Å². The van der Waals surface area contributed by atoms with Gasteiger partial charge >= 0.3 is 5.97 Å². The minimum atomic E-state index is -0.184. The molecular weight excluding hydrogens is 416 g/mol. The van der Waals surface area contributed by atoms with Gasteiger partial charge in [0.2, 0.25) is 11.9 Å². The largest absolute Gasteiger partial charge is 0.469 e. The summed E-state index contributed by atoms with van der Waals surface area (Å²) in [7, 11) is 1.40. The Morgan fingerprint density at radius 3 is 2.09 bits per heavy atom. The van der Waals surface area contributed by atoms with Gasteiger partial charge < -0.3 is 10.1 Å². The Balaban J connectivity index is 1.98. The first-order chi connectivity index (χ1) is 16.1. The van der Waals surface area contributed by atoms with Gasteiger partial charge in [0.05, 0.1) is 7.11 Å². The van der Waals surface area contributed by atoms with E-state index in [0.717, 1.165) is 37.1 Å². The SMILES string of the molecule is C=N/C(=N\C=C(/C)C(=O)NCCCCCCC(=O)OC)N(c1ccccc1)c1ccccc1. The third-order valence-corrected chi connectivity index (χ3v) is 4.92. The summed E-state index contributed by atoms with van der Waals surface area (Å²) >= 11 is 0. The van der Waals surface area contributed by atoms with E-state index in [1.54, 1.807) is 6.92 Å². The highest BCUT2D eigenvalue weighted by Crippen LogP contribution is 2.26. The van der Waals surface area contributed by atoms with Crippen LogP contribution >= 0.6 is 0 Å². The lowest BCUT2D eigenvalue weighted by atomic mass is 10.1. The Hall–Kier alpha value is -3.74. The summed E-state index contributed by atoms with van der Waals surface area (Å²) in [5, 5.41) is 2.90. The van der Waals surface area contributed by atoms with Gasteiger partial charge in [0.15, 0.2) is 0 Å². The number of hydrogen-bond donors (Lipinski definition) is 1. The summed E-state index contributed by atoms with van der Waals surface area (Å²) in [5.74, 6) is 0.00366. The van der Waals surface area contributed by atoms with Crippen LogP contribution in [0.1, 0.15) is 39.0 Å². The zero-order valence-corrected chi connectivity index (χ0v) is 19.4. The lowest BCUT2D eigenvalue weighted by Crippen LogP contribution is -2.26. The zero-order valence-electron chi connectivity index (χ0n) is 19.4. The van der Waals surface area contributed by atoms with Crippen LogP contribution in [0.2, 0.25) is 0 Å². The highest BCUT2D eigenvalue weighted by atomic mass is 16.5. The molecule has 0 heterocycles. The van der Waals surface area contributed by atoms with E-state index in [-0.39, 0.29) is 11.9 Å². The fourth-order valence-corrected chi connectivity index (χ4v) is 3.11. The average molecular weight is 449 g/mol.